The summed E-state index contributed by atoms with van der Waals surface area (Å²) in [6, 6.07) is 17.0. The Balaban J connectivity index is 1.85. The van der Waals surface area contributed by atoms with Gasteiger partial charge in [-0.15, -0.1) is 5.10 Å². The van der Waals surface area contributed by atoms with Crippen LogP contribution in [0.1, 0.15) is 21.6 Å². The first-order valence-corrected chi connectivity index (χ1v) is 8.47. The van der Waals surface area contributed by atoms with E-state index in [9.17, 15) is 9.59 Å². The standard InChI is InChI=1S/C20H20N4O3/c1-15-8-6-7-9-16(15)13-23(14-19(25)27-2)20(26)18-12-21-24(22-18)17-10-4-3-5-11-17/h3-12H,13-14H2,1-2H3. The van der Waals surface area contributed by atoms with E-state index in [0.29, 0.717) is 0 Å². The Hall–Kier alpha value is -3.48. The van der Waals surface area contributed by atoms with Crippen LogP contribution in [0.4, 0.5) is 0 Å². The van der Waals surface area contributed by atoms with Gasteiger partial charge in [0.25, 0.3) is 5.91 Å². The van der Waals surface area contributed by atoms with Gasteiger partial charge in [-0.05, 0) is 30.2 Å². The van der Waals surface area contributed by atoms with Crippen molar-refractivity contribution in [2.24, 2.45) is 0 Å². The topological polar surface area (TPSA) is 77.3 Å². The van der Waals surface area contributed by atoms with Crippen LogP contribution in [0.3, 0.4) is 0 Å². The summed E-state index contributed by atoms with van der Waals surface area (Å²) >= 11 is 0. The van der Waals surface area contributed by atoms with Crippen LogP contribution in [0.25, 0.3) is 5.69 Å². The Bertz CT molecular complexity index is 937. The lowest BCUT2D eigenvalue weighted by Crippen LogP contribution is -2.36. The summed E-state index contributed by atoms with van der Waals surface area (Å²) in [7, 11) is 1.30. The molecule has 0 saturated heterocycles. The molecule has 0 aliphatic carbocycles. The zero-order valence-electron chi connectivity index (χ0n) is 15.2. The third-order valence-electron chi connectivity index (χ3n) is 4.16. The van der Waals surface area contributed by atoms with Crippen LogP contribution in [-0.4, -0.2) is 45.4 Å². The molecule has 0 bridgehead atoms. The first-order chi connectivity index (χ1) is 13.1. The SMILES string of the molecule is COC(=O)CN(Cc1ccccc1C)C(=O)c1cnn(-c2ccccc2)n1. The molecular weight excluding hydrogens is 344 g/mol. The van der Waals surface area contributed by atoms with Crippen molar-refractivity contribution >= 4 is 11.9 Å². The predicted molar refractivity (Wildman–Crippen MR) is 99.3 cm³/mol. The third kappa shape index (κ3) is 4.38. The summed E-state index contributed by atoms with van der Waals surface area (Å²) in [6.07, 6.45) is 1.40. The van der Waals surface area contributed by atoms with Gasteiger partial charge in [0, 0.05) is 6.54 Å². The molecular formula is C20H20N4O3. The normalized spacial score (nSPS) is 10.4. The Labute approximate surface area is 157 Å². The first kappa shape index (κ1) is 18.3. The molecule has 0 aliphatic heterocycles. The van der Waals surface area contributed by atoms with Crippen molar-refractivity contribution in [3.05, 3.63) is 77.6 Å². The molecule has 0 unspecified atom stereocenters. The summed E-state index contributed by atoms with van der Waals surface area (Å²) in [5, 5.41) is 8.42. The highest BCUT2D eigenvalue weighted by molar-refractivity contribution is 5.94. The number of amides is 1. The number of rotatable bonds is 6. The van der Waals surface area contributed by atoms with Gasteiger partial charge in [0.05, 0.1) is 19.0 Å². The van der Waals surface area contributed by atoms with E-state index in [1.54, 1.807) is 0 Å². The van der Waals surface area contributed by atoms with Gasteiger partial charge in [0.1, 0.15) is 6.54 Å². The fourth-order valence-electron chi connectivity index (χ4n) is 2.62. The average molecular weight is 364 g/mol. The van der Waals surface area contributed by atoms with E-state index in [4.69, 9.17) is 4.74 Å². The van der Waals surface area contributed by atoms with Gasteiger partial charge < -0.3 is 9.64 Å². The molecule has 7 nitrogen and oxygen atoms in total. The molecule has 1 heterocycles. The maximum Gasteiger partial charge on any atom is 0.325 e. The quantitative estimate of drug-likeness (QED) is 0.628. The molecule has 0 atom stereocenters. The third-order valence-corrected chi connectivity index (χ3v) is 4.16. The fourth-order valence-corrected chi connectivity index (χ4v) is 2.62. The second-order valence-electron chi connectivity index (χ2n) is 6.02. The molecule has 3 rings (SSSR count). The minimum atomic E-state index is -0.493. The minimum absolute atomic E-state index is 0.163. The highest BCUT2D eigenvalue weighted by Gasteiger charge is 2.23. The molecule has 1 amide bonds. The van der Waals surface area contributed by atoms with Gasteiger partial charge in [-0.3, -0.25) is 9.59 Å². The van der Waals surface area contributed by atoms with Gasteiger partial charge in [-0.1, -0.05) is 42.5 Å². The van der Waals surface area contributed by atoms with Gasteiger partial charge in [0.15, 0.2) is 5.69 Å². The van der Waals surface area contributed by atoms with Crippen LogP contribution in [0, 0.1) is 6.92 Å². The molecule has 0 radical (unpaired) electrons. The molecule has 0 saturated carbocycles. The zero-order valence-corrected chi connectivity index (χ0v) is 15.2. The van der Waals surface area contributed by atoms with E-state index >= 15 is 0 Å². The lowest BCUT2D eigenvalue weighted by molar-refractivity contribution is -0.141. The van der Waals surface area contributed by atoms with Crippen molar-refractivity contribution in [1.82, 2.24) is 19.9 Å². The summed E-state index contributed by atoms with van der Waals surface area (Å²) in [6.45, 7) is 2.07. The smallest absolute Gasteiger partial charge is 0.325 e. The van der Waals surface area contributed by atoms with Crippen molar-refractivity contribution in [2.75, 3.05) is 13.7 Å². The first-order valence-electron chi connectivity index (χ1n) is 8.47. The van der Waals surface area contributed by atoms with E-state index in [2.05, 4.69) is 10.2 Å². The molecule has 0 spiro atoms. The summed E-state index contributed by atoms with van der Waals surface area (Å²) in [4.78, 5) is 27.6. The van der Waals surface area contributed by atoms with Gasteiger partial charge in [-0.25, -0.2) is 0 Å². The van der Waals surface area contributed by atoms with Crippen LogP contribution >= 0.6 is 0 Å². The molecule has 138 valence electrons. The second-order valence-corrected chi connectivity index (χ2v) is 6.02. The second kappa shape index (κ2) is 8.27. The molecule has 0 aliphatic rings. The summed E-state index contributed by atoms with van der Waals surface area (Å²) in [5.74, 6) is -0.877. The number of carbonyl (C=O) groups excluding carboxylic acids is 2. The number of nitrogens with zero attached hydrogens (tertiary/aromatic N) is 4. The Kier molecular flexibility index (Phi) is 5.61. The molecule has 1 aromatic heterocycles. The lowest BCUT2D eigenvalue weighted by Gasteiger charge is -2.21. The number of hydrogen-bond donors (Lipinski definition) is 0. The fraction of sp³-hybridized carbons (Fsp3) is 0.200. The largest absolute Gasteiger partial charge is 0.468 e. The minimum Gasteiger partial charge on any atom is -0.468 e. The van der Waals surface area contributed by atoms with Crippen molar-refractivity contribution < 1.29 is 14.3 Å². The van der Waals surface area contributed by atoms with Crippen LogP contribution in [0.2, 0.25) is 0 Å². The van der Waals surface area contributed by atoms with Gasteiger partial charge >= 0.3 is 5.97 Å². The molecule has 7 heteroatoms. The van der Waals surface area contributed by atoms with Gasteiger partial charge in [0.2, 0.25) is 0 Å². The monoisotopic (exact) mass is 364 g/mol. The number of methoxy groups -OCH3 is 1. The van der Waals surface area contributed by atoms with E-state index < -0.39 is 5.97 Å². The van der Waals surface area contributed by atoms with Crippen molar-refractivity contribution in [2.45, 2.75) is 13.5 Å². The predicted octanol–water partition coefficient (Wildman–Crippen LogP) is 2.39. The Morgan fingerprint density at radius 2 is 1.78 bits per heavy atom. The highest BCUT2D eigenvalue weighted by Crippen LogP contribution is 2.13. The molecule has 0 N–H and O–H groups in total. The Morgan fingerprint density at radius 1 is 1.07 bits per heavy atom. The van der Waals surface area contributed by atoms with Crippen LogP contribution in [-0.2, 0) is 16.1 Å². The highest BCUT2D eigenvalue weighted by atomic mass is 16.5. The molecule has 2 aromatic carbocycles. The number of aromatic nitrogens is 3. The van der Waals surface area contributed by atoms with Gasteiger partial charge in [-0.2, -0.15) is 9.90 Å². The van der Waals surface area contributed by atoms with Crippen molar-refractivity contribution in [3.63, 3.8) is 0 Å². The van der Waals surface area contributed by atoms with Crippen LogP contribution < -0.4 is 0 Å². The molecule has 27 heavy (non-hydrogen) atoms. The van der Waals surface area contributed by atoms with Crippen LogP contribution in [0.5, 0.6) is 0 Å². The number of carbonyl (C=O) groups is 2. The maximum absolute atomic E-state index is 13.0. The summed E-state index contributed by atoms with van der Waals surface area (Å²) in [5.41, 5.74) is 2.89. The van der Waals surface area contributed by atoms with Crippen molar-refractivity contribution in [1.29, 1.82) is 0 Å². The molecule has 0 fully saturated rings. The maximum atomic E-state index is 13.0. The van der Waals surface area contributed by atoms with E-state index in [-0.39, 0.29) is 24.7 Å². The number of aryl methyl sites for hydroxylation is 1. The van der Waals surface area contributed by atoms with E-state index in [1.807, 2.05) is 61.5 Å². The molecule has 3 aromatic rings. The van der Waals surface area contributed by atoms with E-state index in [0.717, 1.165) is 16.8 Å². The zero-order chi connectivity index (χ0) is 19.2. The number of esters is 1. The lowest BCUT2D eigenvalue weighted by atomic mass is 10.1. The number of benzene rings is 2. The number of hydrogen-bond acceptors (Lipinski definition) is 5. The summed E-state index contributed by atoms with van der Waals surface area (Å²) < 4.78 is 4.74. The number of para-hydroxylation sites is 1. The Morgan fingerprint density at radius 3 is 2.48 bits per heavy atom. The van der Waals surface area contributed by atoms with Crippen molar-refractivity contribution in [3.8, 4) is 5.69 Å². The average Bonchev–Trinajstić information content (AvgIpc) is 3.19. The van der Waals surface area contributed by atoms with E-state index in [1.165, 1.54) is 23.0 Å². The van der Waals surface area contributed by atoms with Crippen LogP contribution in [0.15, 0.2) is 60.8 Å². The number of ether oxygens (including phenoxy) is 1.